The second-order valence-corrected chi connectivity index (χ2v) is 12.0. The molecule has 0 N–H and O–H groups in total. The van der Waals surface area contributed by atoms with Gasteiger partial charge in [0, 0.05) is 29.6 Å². The number of hydrogen-bond donors (Lipinski definition) is 0. The third-order valence-electron chi connectivity index (χ3n) is 7.74. The molecule has 0 saturated heterocycles. The molecule has 0 aromatic heterocycles. The molecule has 1 saturated carbocycles. The standard InChI is InChI=1S/C30H44ClNO3.ClH/c1-6-8-10-22-11-9-16-30(24-13-12-23(26(31)19-24)14-17-29(3,4)5)20-27(33)32(21-25(22)30)18-15-28(34)35-7-2;/h12-13,19,21-22H,6-11,14-18,20H2,1-5H3;1H. The van der Waals surface area contributed by atoms with Crippen LogP contribution in [0.15, 0.2) is 30.0 Å². The summed E-state index contributed by atoms with van der Waals surface area (Å²) in [6.07, 6.45) is 11.5. The number of aryl methyl sites for hydroxylation is 1. The van der Waals surface area contributed by atoms with Crippen LogP contribution in [0.2, 0.25) is 5.02 Å². The molecule has 1 heterocycles. The first-order valence-corrected chi connectivity index (χ1v) is 13.9. The maximum absolute atomic E-state index is 13.4. The zero-order chi connectivity index (χ0) is 25.6. The lowest BCUT2D eigenvalue weighted by molar-refractivity contribution is -0.143. The van der Waals surface area contributed by atoms with Crippen molar-refractivity contribution in [3.63, 3.8) is 0 Å². The average Bonchev–Trinajstić information content (AvgIpc) is 2.80. The normalized spacial score (nSPS) is 21.9. The van der Waals surface area contributed by atoms with Crippen molar-refractivity contribution in [2.45, 2.75) is 104 Å². The summed E-state index contributed by atoms with van der Waals surface area (Å²) in [5.41, 5.74) is 3.69. The van der Waals surface area contributed by atoms with E-state index in [1.54, 1.807) is 11.8 Å². The highest BCUT2D eigenvalue weighted by Gasteiger charge is 2.47. The number of hydrogen-bond acceptors (Lipinski definition) is 3. The van der Waals surface area contributed by atoms with Gasteiger partial charge in [-0.1, -0.05) is 70.7 Å². The fourth-order valence-electron chi connectivity index (χ4n) is 5.71. The molecule has 1 aliphatic carbocycles. The molecule has 2 atom stereocenters. The van der Waals surface area contributed by atoms with Crippen LogP contribution in [0.25, 0.3) is 0 Å². The van der Waals surface area contributed by atoms with Crippen molar-refractivity contribution in [1.29, 1.82) is 0 Å². The molecule has 6 heteroatoms. The maximum atomic E-state index is 13.4. The molecule has 0 spiro atoms. The molecule has 1 fully saturated rings. The van der Waals surface area contributed by atoms with Crippen molar-refractivity contribution in [1.82, 2.24) is 4.90 Å². The number of nitrogens with zero attached hydrogens (tertiary/aromatic N) is 1. The molecule has 4 nitrogen and oxygen atoms in total. The summed E-state index contributed by atoms with van der Waals surface area (Å²) in [6.45, 7) is 11.5. The molecule has 1 amide bonds. The first-order valence-electron chi connectivity index (χ1n) is 13.6. The third-order valence-corrected chi connectivity index (χ3v) is 8.09. The zero-order valence-electron chi connectivity index (χ0n) is 22.8. The van der Waals surface area contributed by atoms with Crippen molar-refractivity contribution < 1.29 is 14.3 Å². The number of ether oxygens (including phenoxy) is 1. The Hall–Kier alpha value is -1.52. The molecule has 0 bridgehead atoms. The number of fused-ring (bicyclic) bond motifs is 1. The monoisotopic (exact) mass is 537 g/mol. The quantitative estimate of drug-likeness (QED) is 0.283. The van der Waals surface area contributed by atoms with Crippen molar-refractivity contribution >= 4 is 35.9 Å². The fraction of sp³-hybridized carbons (Fsp3) is 0.667. The van der Waals surface area contributed by atoms with Gasteiger partial charge in [-0.15, -0.1) is 12.4 Å². The minimum atomic E-state index is -0.291. The summed E-state index contributed by atoms with van der Waals surface area (Å²) in [6, 6.07) is 6.54. The van der Waals surface area contributed by atoms with Gasteiger partial charge in [-0.2, -0.15) is 0 Å². The highest BCUT2D eigenvalue weighted by Crippen LogP contribution is 2.52. The Balaban J connectivity index is 0.00000456. The van der Waals surface area contributed by atoms with Crippen LogP contribution in [0, 0.1) is 11.3 Å². The summed E-state index contributed by atoms with van der Waals surface area (Å²) in [5.74, 6) is 0.294. The lowest BCUT2D eigenvalue weighted by Crippen LogP contribution is -2.46. The Morgan fingerprint density at radius 2 is 2.00 bits per heavy atom. The molecule has 0 radical (unpaired) electrons. The number of carbonyl (C=O) groups excluding carboxylic acids is 2. The predicted octanol–water partition coefficient (Wildman–Crippen LogP) is 8.04. The van der Waals surface area contributed by atoms with E-state index in [9.17, 15) is 9.59 Å². The first-order chi connectivity index (χ1) is 16.6. The van der Waals surface area contributed by atoms with Gasteiger partial charge in [0.1, 0.15) is 0 Å². The first kappa shape index (κ1) is 30.7. The van der Waals surface area contributed by atoms with Gasteiger partial charge in [0.15, 0.2) is 0 Å². The highest BCUT2D eigenvalue weighted by molar-refractivity contribution is 6.31. The van der Waals surface area contributed by atoms with Gasteiger partial charge in [0.25, 0.3) is 0 Å². The number of amides is 1. The molecular formula is C30H45Cl2NO3. The fourth-order valence-corrected chi connectivity index (χ4v) is 5.99. The van der Waals surface area contributed by atoms with Gasteiger partial charge in [-0.05, 0) is 73.1 Å². The molecule has 2 unspecified atom stereocenters. The number of rotatable bonds is 10. The Bertz CT molecular complexity index is 937. The summed E-state index contributed by atoms with van der Waals surface area (Å²) < 4.78 is 5.09. The maximum Gasteiger partial charge on any atom is 0.307 e. The van der Waals surface area contributed by atoms with Crippen LogP contribution in [-0.4, -0.2) is 29.9 Å². The van der Waals surface area contributed by atoms with Crippen LogP contribution >= 0.6 is 24.0 Å². The van der Waals surface area contributed by atoms with E-state index in [2.05, 4.69) is 52.1 Å². The number of esters is 1. The van der Waals surface area contributed by atoms with Crippen LogP contribution in [-0.2, 0) is 26.2 Å². The van der Waals surface area contributed by atoms with Crippen molar-refractivity contribution in [2.24, 2.45) is 11.3 Å². The van der Waals surface area contributed by atoms with E-state index in [4.69, 9.17) is 16.3 Å². The second-order valence-electron chi connectivity index (χ2n) is 11.6. The van der Waals surface area contributed by atoms with Crippen molar-refractivity contribution in [2.75, 3.05) is 13.2 Å². The molecule has 1 aromatic carbocycles. The largest absolute Gasteiger partial charge is 0.466 e. The molecule has 1 aromatic rings. The molecule has 36 heavy (non-hydrogen) atoms. The summed E-state index contributed by atoms with van der Waals surface area (Å²) >= 11 is 6.84. The lowest BCUT2D eigenvalue weighted by atomic mass is 9.59. The summed E-state index contributed by atoms with van der Waals surface area (Å²) in [5, 5.41) is 0.813. The van der Waals surface area contributed by atoms with Crippen LogP contribution in [0.5, 0.6) is 0 Å². The highest BCUT2D eigenvalue weighted by atomic mass is 35.5. The minimum absolute atomic E-state index is 0. The number of allylic oxidation sites excluding steroid dienone is 1. The SMILES string of the molecule is CCCCC1CCCC2(c3ccc(CCC(C)(C)C)c(Cl)c3)CC(=O)N(CCC(=O)OCC)C=C12.Cl. The van der Waals surface area contributed by atoms with Crippen molar-refractivity contribution in [3.8, 4) is 0 Å². The van der Waals surface area contributed by atoms with Crippen LogP contribution in [0.1, 0.15) is 104 Å². The van der Waals surface area contributed by atoms with E-state index in [0.29, 0.717) is 25.5 Å². The van der Waals surface area contributed by atoms with Gasteiger partial charge < -0.3 is 9.64 Å². The van der Waals surface area contributed by atoms with Gasteiger partial charge in [0.2, 0.25) is 5.91 Å². The zero-order valence-corrected chi connectivity index (χ0v) is 24.4. The van der Waals surface area contributed by atoms with E-state index < -0.39 is 0 Å². The molecule has 2 aliphatic rings. The summed E-state index contributed by atoms with van der Waals surface area (Å²) in [4.78, 5) is 27.1. The van der Waals surface area contributed by atoms with E-state index >= 15 is 0 Å². The lowest BCUT2D eigenvalue weighted by Gasteiger charge is -2.48. The number of benzene rings is 1. The number of carbonyl (C=O) groups is 2. The van der Waals surface area contributed by atoms with E-state index in [0.717, 1.165) is 50.0 Å². The molecule has 1 aliphatic heterocycles. The summed E-state index contributed by atoms with van der Waals surface area (Å²) in [7, 11) is 0. The topological polar surface area (TPSA) is 46.6 Å². The number of halogens is 2. The van der Waals surface area contributed by atoms with Gasteiger partial charge in [-0.25, -0.2) is 0 Å². The van der Waals surface area contributed by atoms with Crippen LogP contribution in [0.4, 0.5) is 0 Å². The Morgan fingerprint density at radius 1 is 1.25 bits per heavy atom. The number of unbranched alkanes of at least 4 members (excludes halogenated alkanes) is 1. The smallest absolute Gasteiger partial charge is 0.307 e. The third kappa shape index (κ3) is 7.51. The predicted molar refractivity (Wildman–Crippen MR) is 151 cm³/mol. The van der Waals surface area contributed by atoms with Crippen molar-refractivity contribution in [3.05, 3.63) is 46.1 Å². The molecule has 3 rings (SSSR count). The van der Waals surface area contributed by atoms with Crippen LogP contribution < -0.4 is 0 Å². The van der Waals surface area contributed by atoms with Crippen LogP contribution in [0.3, 0.4) is 0 Å². The Kier molecular flexibility index (Phi) is 11.4. The van der Waals surface area contributed by atoms with E-state index in [1.807, 2.05) is 0 Å². The average molecular weight is 539 g/mol. The minimum Gasteiger partial charge on any atom is -0.466 e. The van der Waals surface area contributed by atoms with Gasteiger partial charge >= 0.3 is 5.97 Å². The van der Waals surface area contributed by atoms with E-state index in [1.165, 1.54) is 23.1 Å². The molecular weight excluding hydrogens is 493 g/mol. The van der Waals surface area contributed by atoms with E-state index in [-0.39, 0.29) is 41.5 Å². The van der Waals surface area contributed by atoms with Gasteiger partial charge in [0.05, 0.1) is 13.0 Å². The van der Waals surface area contributed by atoms with Gasteiger partial charge in [-0.3, -0.25) is 9.59 Å². The Labute approximate surface area is 229 Å². The Morgan fingerprint density at radius 3 is 2.64 bits per heavy atom. The second kappa shape index (κ2) is 13.3. The molecule has 202 valence electrons.